The van der Waals surface area contributed by atoms with Gasteiger partial charge in [-0.05, 0) is 24.1 Å². The van der Waals surface area contributed by atoms with E-state index in [1.165, 1.54) is 23.8 Å². The number of methoxy groups -OCH3 is 3. The molecule has 0 aliphatic heterocycles. The molecule has 0 spiro atoms. The van der Waals surface area contributed by atoms with Crippen LogP contribution in [-0.4, -0.2) is 49.8 Å². The van der Waals surface area contributed by atoms with E-state index in [4.69, 9.17) is 19.3 Å². The lowest BCUT2D eigenvalue weighted by atomic mass is 10.1. The van der Waals surface area contributed by atoms with Gasteiger partial charge in [0.05, 0.1) is 26.3 Å². The van der Waals surface area contributed by atoms with E-state index in [9.17, 15) is 9.59 Å². The van der Waals surface area contributed by atoms with Crippen molar-refractivity contribution in [2.75, 3.05) is 27.9 Å². The third kappa shape index (κ3) is 5.58. The Morgan fingerprint density at radius 1 is 1.11 bits per heavy atom. The fourth-order valence-electron chi connectivity index (χ4n) is 2.46. The first-order valence-electron chi connectivity index (χ1n) is 8.21. The lowest BCUT2D eigenvalue weighted by molar-refractivity contribution is -0.121. The van der Waals surface area contributed by atoms with Crippen LogP contribution in [0.3, 0.4) is 0 Å². The summed E-state index contributed by atoms with van der Waals surface area (Å²) in [6, 6.07) is 3.63. The minimum atomic E-state index is -1.05. The Hall–Kier alpha value is -2.81. The number of aromatic nitrogens is 1. The molecule has 0 unspecified atom stereocenters. The Labute approximate surface area is 161 Å². The summed E-state index contributed by atoms with van der Waals surface area (Å²) in [4.78, 5) is 26.8. The topological polar surface area (TPSA) is 107 Å². The van der Waals surface area contributed by atoms with Gasteiger partial charge >= 0.3 is 5.97 Å². The largest absolute Gasteiger partial charge is 0.493 e. The van der Waals surface area contributed by atoms with Crippen molar-refractivity contribution >= 4 is 23.2 Å². The molecule has 0 saturated carbocycles. The van der Waals surface area contributed by atoms with Crippen LogP contribution in [0.25, 0.3) is 0 Å². The number of carbonyl (C=O) groups excluding carboxylic acids is 1. The van der Waals surface area contributed by atoms with E-state index in [0.717, 1.165) is 5.56 Å². The van der Waals surface area contributed by atoms with Crippen molar-refractivity contribution in [1.82, 2.24) is 10.3 Å². The second-order valence-electron chi connectivity index (χ2n) is 5.57. The monoisotopic (exact) mass is 394 g/mol. The molecule has 146 valence electrons. The van der Waals surface area contributed by atoms with Gasteiger partial charge < -0.3 is 24.6 Å². The molecule has 0 aliphatic carbocycles. The van der Waals surface area contributed by atoms with Gasteiger partial charge in [0.25, 0.3) is 0 Å². The van der Waals surface area contributed by atoms with E-state index >= 15 is 0 Å². The SMILES string of the molecule is COc1cc(CCC(=O)NCCc2nc(C(=O)O)cs2)cc(OC)c1OC. The molecule has 0 radical (unpaired) electrons. The number of carboxylic acids is 1. The number of benzene rings is 1. The Morgan fingerprint density at radius 3 is 2.30 bits per heavy atom. The van der Waals surface area contributed by atoms with Crippen molar-refractivity contribution in [3.63, 3.8) is 0 Å². The Kier molecular flexibility index (Phi) is 7.42. The smallest absolute Gasteiger partial charge is 0.355 e. The molecule has 1 aromatic heterocycles. The first-order valence-corrected chi connectivity index (χ1v) is 9.09. The van der Waals surface area contributed by atoms with Gasteiger partial charge in [-0.2, -0.15) is 0 Å². The van der Waals surface area contributed by atoms with Gasteiger partial charge in [-0.25, -0.2) is 9.78 Å². The lowest BCUT2D eigenvalue weighted by Gasteiger charge is -2.14. The summed E-state index contributed by atoms with van der Waals surface area (Å²) < 4.78 is 15.9. The quantitative estimate of drug-likeness (QED) is 0.636. The van der Waals surface area contributed by atoms with Gasteiger partial charge in [-0.1, -0.05) is 0 Å². The normalized spacial score (nSPS) is 10.3. The average Bonchev–Trinajstić information content (AvgIpc) is 3.14. The number of hydrogen-bond acceptors (Lipinski definition) is 7. The van der Waals surface area contributed by atoms with Gasteiger partial charge in [0.1, 0.15) is 0 Å². The summed E-state index contributed by atoms with van der Waals surface area (Å²) in [5.74, 6) is 0.457. The molecule has 2 aromatic rings. The second kappa shape index (κ2) is 9.77. The van der Waals surface area contributed by atoms with Crippen molar-refractivity contribution in [2.24, 2.45) is 0 Å². The number of rotatable bonds is 10. The zero-order chi connectivity index (χ0) is 19.8. The van der Waals surface area contributed by atoms with Gasteiger partial charge in [0.2, 0.25) is 11.7 Å². The van der Waals surface area contributed by atoms with Gasteiger partial charge in [0.15, 0.2) is 17.2 Å². The van der Waals surface area contributed by atoms with E-state index in [-0.39, 0.29) is 11.6 Å². The molecule has 1 amide bonds. The molecule has 9 heteroatoms. The van der Waals surface area contributed by atoms with Crippen molar-refractivity contribution < 1.29 is 28.9 Å². The molecule has 2 rings (SSSR count). The predicted octanol–water partition coefficient (Wildman–Crippen LogP) is 2.16. The number of aryl methyl sites for hydroxylation is 1. The van der Waals surface area contributed by atoms with Crippen LogP contribution in [0.4, 0.5) is 0 Å². The van der Waals surface area contributed by atoms with E-state index < -0.39 is 5.97 Å². The maximum Gasteiger partial charge on any atom is 0.355 e. The maximum atomic E-state index is 12.0. The summed E-state index contributed by atoms with van der Waals surface area (Å²) in [5, 5.41) is 13.8. The highest BCUT2D eigenvalue weighted by Crippen LogP contribution is 2.38. The van der Waals surface area contributed by atoms with E-state index in [2.05, 4.69) is 10.3 Å². The maximum absolute atomic E-state index is 12.0. The van der Waals surface area contributed by atoms with Crippen LogP contribution in [0.2, 0.25) is 0 Å². The number of hydrogen-bond donors (Lipinski definition) is 2. The zero-order valence-electron chi connectivity index (χ0n) is 15.4. The highest BCUT2D eigenvalue weighted by atomic mass is 32.1. The number of aromatic carboxylic acids is 1. The summed E-state index contributed by atoms with van der Waals surface area (Å²) in [6.07, 6.45) is 1.31. The molecule has 2 N–H and O–H groups in total. The minimum absolute atomic E-state index is 0.0312. The number of carboxylic acid groups (broad SMARTS) is 1. The number of amides is 1. The third-order valence-electron chi connectivity index (χ3n) is 3.80. The number of ether oxygens (including phenoxy) is 3. The lowest BCUT2D eigenvalue weighted by Crippen LogP contribution is -2.25. The van der Waals surface area contributed by atoms with Gasteiger partial charge in [-0.15, -0.1) is 11.3 Å². The van der Waals surface area contributed by atoms with Crippen LogP contribution in [0, 0.1) is 0 Å². The van der Waals surface area contributed by atoms with E-state index in [1.54, 1.807) is 14.2 Å². The first kappa shape index (κ1) is 20.5. The van der Waals surface area contributed by atoms with Crippen molar-refractivity contribution in [2.45, 2.75) is 19.3 Å². The van der Waals surface area contributed by atoms with Crippen molar-refractivity contribution in [3.8, 4) is 17.2 Å². The first-order chi connectivity index (χ1) is 13.0. The molecule has 0 bridgehead atoms. The summed E-state index contributed by atoms with van der Waals surface area (Å²) >= 11 is 1.27. The summed E-state index contributed by atoms with van der Waals surface area (Å²) in [6.45, 7) is 0.403. The van der Waals surface area contributed by atoms with Crippen LogP contribution in [-0.2, 0) is 17.6 Å². The molecule has 1 heterocycles. The van der Waals surface area contributed by atoms with Crippen LogP contribution in [0.1, 0.15) is 27.5 Å². The molecule has 0 aliphatic rings. The van der Waals surface area contributed by atoms with Crippen molar-refractivity contribution in [3.05, 3.63) is 33.8 Å². The Bertz CT molecular complexity index is 780. The fourth-order valence-corrected chi connectivity index (χ4v) is 3.23. The molecule has 0 atom stereocenters. The molecule has 27 heavy (non-hydrogen) atoms. The second-order valence-corrected chi connectivity index (χ2v) is 6.51. The van der Waals surface area contributed by atoms with Gasteiger partial charge in [0, 0.05) is 24.8 Å². The number of nitrogens with zero attached hydrogens (tertiary/aromatic N) is 1. The molecular formula is C18H22N2O6S. The number of nitrogens with one attached hydrogen (secondary N) is 1. The average molecular weight is 394 g/mol. The molecular weight excluding hydrogens is 372 g/mol. The van der Waals surface area contributed by atoms with Crippen LogP contribution >= 0.6 is 11.3 Å². The predicted molar refractivity (Wildman–Crippen MR) is 100 cm³/mol. The number of carbonyl (C=O) groups is 2. The van der Waals surface area contributed by atoms with E-state index in [0.29, 0.717) is 48.1 Å². The summed E-state index contributed by atoms with van der Waals surface area (Å²) in [5.41, 5.74) is 0.925. The minimum Gasteiger partial charge on any atom is -0.493 e. The standard InChI is InChI=1S/C18H22N2O6S/c1-24-13-8-11(9-14(25-2)17(13)26-3)4-5-15(21)19-7-6-16-20-12(10-27-16)18(22)23/h8-10H,4-7H2,1-3H3,(H,19,21)(H,22,23). The van der Waals surface area contributed by atoms with Crippen LogP contribution < -0.4 is 19.5 Å². The molecule has 1 aromatic carbocycles. The molecule has 8 nitrogen and oxygen atoms in total. The molecule has 0 saturated heterocycles. The Morgan fingerprint density at radius 2 is 1.78 bits per heavy atom. The summed E-state index contributed by atoms with van der Waals surface area (Å²) in [7, 11) is 4.62. The highest BCUT2D eigenvalue weighted by Gasteiger charge is 2.14. The number of thiazole rings is 1. The van der Waals surface area contributed by atoms with Gasteiger partial charge in [-0.3, -0.25) is 4.79 Å². The Balaban J connectivity index is 1.85. The van der Waals surface area contributed by atoms with Crippen molar-refractivity contribution in [1.29, 1.82) is 0 Å². The van der Waals surface area contributed by atoms with E-state index in [1.807, 2.05) is 12.1 Å². The third-order valence-corrected chi connectivity index (χ3v) is 4.71. The highest BCUT2D eigenvalue weighted by molar-refractivity contribution is 7.09. The molecule has 0 fully saturated rings. The van der Waals surface area contributed by atoms with Crippen LogP contribution in [0.15, 0.2) is 17.5 Å². The zero-order valence-corrected chi connectivity index (χ0v) is 16.2. The van der Waals surface area contributed by atoms with Crippen LogP contribution in [0.5, 0.6) is 17.2 Å². The fraction of sp³-hybridized carbons (Fsp3) is 0.389.